The molecule has 17 heavy (non-hydrogen) atoms. The van der Waals surface area contributed by atoms with Crippen molar-refractivity contribution in [2.45, 2.75) is 25.4 Å². The number of rotatable bonds is 3. The Kier molecular flexibility index (Phi) is 3.38. The van der Waals surface area contributed by atoms with E-state index in [4.69, 9.17) is 4.74 Å². The van der Waals surface area contributed by atoms with E-state index in [1.165, 1.54) is 18.3 Å². The molecular weight excluding hydrogens is 223 g/mol. The van der Waals surface area contributed by atoms with Crippen molar-refractivity contribution in [2.24, 2.45) is 0 Å². The van der Waals surface area contributed by atoms with Gasteiger partial charge in [0.15, 0.2) is 0 Å². The average Bonchev–Trinajstić information content (AvgIpc) is 2.75. The lowest BCUT2D eigenvalue weighted by Gasteiger charge is -2.23. The standard InChI is InChI=1S/C12H15FN2O2/c1-12(5-2-6-17-12)8-15-11(16)9-3-4-10(13)14-7-9/h3-4,7H,2,5-6,8H2,1H3,(H,15,16). The summed E-state index contributed by atoms with van der Waals surface area (Å²) >= 11 is 0. The van der Waals surface area contributed by atoms with Gasteiger partial charge in [0.25, 0.3) is 5.91 Å². The van der Waals surface area contributed by atoms with Crippen molar-refractivity contribution in [1.82, 2.24) is 10.3 Å². The van der Waals surface area contributed by atoms with Crippen molar-refractivity contribution in [3.8, 4) is 0 Å². The number of amides is 1. The third-order valence-electron chi connectivity index (χ3n) is 2.91. The summed E-state index contributed by atoms with van der Waals surface area (Å²) in [5.74, 6) is -0.845. The van der Waals surface area contributed by atoms with Crippen LogP contribution in [0.3, 0.4) is 0 Å². The molecule has 1 aromatic heterocycles. The second kappa shape index (κ2) is 4.79. The number of carbonyl (C=O) groups excluding carboxylic acids is 1. The molecular formula is C12H15FN2O2. The highest BCUT2D eigenvalue weighted by Crippen LogP contribution is 2.23. The highest BCUT2D eigenvalue weighted by atomic mass is 19.1. The van der Waals surface area contributed by atoms with Crippen LogP contribution in [0.2, 0.25) is 0 Å². The van der Waals surface area contributed by atoms with E-state index in [-0.39, 0.29) is 11.5 Å². The molecule has 92 valence electrons. The van der Waals surface area contributed by atoms with Crippen LogP contribution in [0.25, 0.3) is 0 Å². The molecule has 5 heteroatoms. The first kappa shape index (κ1) is 12.0. The van der Waals surface area contributed by atoms with Crippen LogP contribution in [0.5, 0.6) is 0 Å². The van der Waals surface area contributed by atoms with Crippen molar-refractivity contribution in [3.63, 3.8) is 0 Å². The first-order chi connectivity index (χ1) is 8.09. The number of hydrogen-bond donors (Lipinski definition) is 1. The van der Waals surface area contributed by atoms with E-state index >= 15 is 0 Å². The van der Waals surface area contributed by atoms with Gasteiger partial charge in [-0.2, -0.15) is 4.39 Å². The van der Waals surface area contributed by atoms with Gasteiger partial charge in [0, 0.05) is 19.3 Å². The molecule has 1 aliphatic rings. The Balaban J connectivity index is 1.91. The first-order valence-electron chi connectivity index (χ1n) is 5.63. The zero-order valence-corrected chi connectivity index (χ0v) is 9.70. The fraction of sp³-hybridized carbons (Fsp3) is 0.500. The van der Waals surface area contributed by atoms with Crippen LogP contribution in [-0.4, -0.2) is 29.6 Å². The van der Waals surface area contributed by atoms with Crippen molar-refractivity contribution in [2.75, 3.05) is 13.2 Å². The molecule has 0 spiro atoms. The molecule has 1 atom stereocenters. The predicted molar refractivity (Wildman–Crippen MR) is 60.1 cm³/mol. The number of halogens is 1. The third kappa shape index (κ3) is 3.00. The quantitative estimate of drug-likeness (QED) is 0.812. The molecule has 1 fully saturated rings. The molecule has 1 amide bonds. The van der Waals surface area contributed by atoms with Gasteiger partial charge in [-0.05, 0) is 31.9 Å². The van der Waals surface area contributed by atoms with E-state index in [0.29, 0.717) is 12.1 Å². The smallest absolute Gasteiger partial charge is 0.252 e. The van der Waals surface area contributed by atoms with Crippen molar-refractivity contribution >= 4 is 5.91 Å². The maximum Gasteiger partial charge on any atom is 0.252 e. The van der Waals surface area contributed by atoms with E-state index in [2.05, 4.69) is 10.3 Å². The van der Waals surface area contributed by atoms with Gasteiger partial charge in [0.05, 0.1) is 11.2 Å². The second-order valence-electron chi connectivity index (χ2n) is 4.45. The fourth-order valence-electron chi connectivity index (χ4n) is 1.86. The van der Waals surface area contributed by atoms with Gasteiger partial charge < -0.3 is 10.1 Å². The lowest BCUT2D eigenvalue weighted by atomic mass is 10.0. The lowest BCUT2D eigenvalue weighted by Crippen LogP contribution is -2.40. The maximum atomic E-state index is 12.6. The summed E-state index contributed by atoms with van der Waals surface area (Å²) in [6, 6.07) is 2.58. The summed E-state index contributed by atoms with van der Waals surface area (Å²) in [6.45, 7) is 3.18. The number of hydrogen-bond acceptors (Lipinski definition) is 3. The summed E-state index contributed by atoms with van der Waals surface area (Å²) in [6.07, 6.45) is 3.18. The predicted octanol–water partition coefficient (Wildman–Crippen LogP) is 1.52. The Labute approximate surface area is 99.2 Å². The third-order valence-corrected chi connectivity index (χ3v) is 2.91. The van der Waals surface area contributed by atoms with Crippen LogP contribution in [0.1, 0.15) is 30.1 Å². The maximum absolute atomic E-state index is 12.6. The number of nitrogens with zero attached hydrogens (tertiary/aromatic N) is 1. The van der Waals surface area contributed by atoms with Gasteiger partial charge >= 0.3 is 0 Å². The SMILES string of the molecule is CC1(CNC(=O)c2ccc(F)nc2)CCCO1. The molecule has 1 N–H and O–H groups in total. The highest BCUT2D eigenvalue weighted by Gasteiger charge is 2.30. The molecule has 1 aliphatic heterocycles. The fourth-order valence-corrected chi connectivity index (χ4v) is 1.86. The topological polar surface area (TPSA) is 51.2 Å². The number of nitrogens with one attached hydrogen (secondary N) is 1. The Morgan fingerprint density at radius 3 is 3.06 bits per heavy atom. The van der Waals surface area contributed by atoms with Crippen LogP contribution in [-0.2, 0) is 4.74 Å². The van der Waals surface area contributed by atoms with E-state index in [9.17, 15) is 9.18 Å². The molecule has 0 radical (unpaired) electrons. The number of carbonyl (C=O) groups is 1. The van der Waals surface area contributed by atoms with E-state index < -0.39 is 5.95 Å². The molecule has 0 bridgehead atoms. The minimum Gasteiger partial charge on any atom is -0.373 e. The molecule has 0 saturated carbocycles. The average molecular weight is 238 g/mol. The molecule has 1 unspecified atom stereocenters. The summed E-state index contributed by atoms with van der Waals surface area (Å²) in [5.41, 5.74) is 0.0799. The van der Waals surface area contributed by atoms with Crippen LogP contribution >= 0.6 is 0 Å². The molecule has 0 aromatic carbocycles. The van der Waals surface area contributed by atoms with Gasteiger partial charge in [-0.3, -0.25) is 4.79 Å². The van der Waals surface area contributed by atoms with Crippen LogP contribution < -0.4 is 5.32 Å². The largest absolute Gasteiger partial charge is 0.373 e. The van der Waals surface area contributed by atoms with Crippen LogP contribution in [0, 0.1) is 5.95 Å². The Morgan fingerprint density at radius 1 is 1.65 bits per heavy atom. The van der Waals surface area contributed by atoms with Crippen molar-refractivity contribution in [3.05, 3.63) is 29.8 Å². The molecule has 2 rings (SSSR count). The summed E-state index contributed by atoms with van der Waals surface area (Å²) in [4.78, 5) is 15.2. The lowest BCUT2D eigenvalue weighted by molar-refractivity contribution is 0.0206. The minimum atomic E-state index is -0.590. The van der Waals surface area contributed by atoms with E-state index in [1.54, 1.807) is 0 Å². The minimum absolute atomic E-state index is 0.255. The normalized spacial score (nSPS) is 23.6. The van der Waals surface area contributed by atoms with Gasteiger partial charge in [-0.25, -0.2) is 4.98 Å². The van der Waals surface area contributed by atoms with Gasteiger partial charge in [0.1, 0.15) is 0 Å². The molecule has 2 heterocycles. The second-order valence-corrected chi connectivity index (χ2v) is 4.45. The summed E-state index contributed by atoms with van der Waals surface area (Å²) in [5, 5.41) is 2.77. The zero-order valence-electron chi connectivity index (χ0n) is 9.70. The molecule has 1 saturated heterocycles. The summed E-state index contributed by atoms with van der Waals surface area (Å²) < 4.78 is 18.1. The molecule has 4 nitrogen and oxygen atoms in total. The molecule has 1 aromatic rings. The van der Waals surface area contributed by atoms with Gasteiger partial charge in [-0.15, -0.1) is 0 Å². The van der Waals surface area contributed by atoms with Crippen LogP contribution in [0.4, 0.5) is 4.39 Å². The first-order valence-corrected chi connectivity index (χ1v) is 5.63. The number of pyridine rings is 1. The van der Waals surface area contributed by atoms with Gasteiger partial charge in [0.2, 0.25) is 5.95 Å². The van der Waals surface area contributed by atoms with Crippen molar-refractivity contribution < 1.29 is 13.9 Å². The number of aromatic nitrogens is 1. The Morgan fingerprint density at radius 2 is 2.47 bits per heavy atom. The number of ether oxygens (including phenoxy) is 1. The van der Waals surface area contributed by atoms with Crippen molar-refractivity contribution in [1.29, 1.82) is 0 Å². The Bertz CT molecular complexity index is 399. The highest BCUT2D eigenvalue weighted by molar-refractivity contribution is 5.93. The van der Waals surface area contributed by atoms with E-state index in [1.807, 2.05) is 6.92 Å². The van der Waals surface area contributed by atoms with Gasteiger partial charge in [-0.1, -0.05) is 0 Å². The van der Waals surface area contributed by atoms with E-state index in [0.717, 1.165) is 19.4 Å². The zero-order chi connectivity index (χ0) is 12.3. The Hall–Kier alpha value is -1.49. The summed E-state index contributed by atoms with van der Waals surface area (Å²) in [7, 11) is 0. The monoisotopic (exact) mass is 238 g/mol. The van der Waals surface area contributed by atoms with Crippen LogP contribution in [0.15, 0.2) is 18.3 Å². The molecule has 0 aliphatic carbocycles.